The predicted octanol–water partition coefficient (Wildman–Crippen LogP) is 14.6. The van der Waals surface area contributed by atoms with Gasteiger partial charge in [-0.25, -0.2) is 0 Å². The second-order valence-electron chi connectivity index (χ2n) is 17.3. The lowest BCUT2D eigenvalue weighted by Gasteiger charge is -2.28. The molecular formula is C52H104N2O5. The van der Waals surface area contributed by atoms with Gasteiger partial charge in [-0.05, 0) is 70.0 Å². The van der Waals surface area contributed by atoms with Gasteiger partial charge in [-0.2, -0.15) is 0 Å². The highest BCUT2D eigenvalue weighted by Gasteiger charge is 2.15. The minimum absolute atomic E-state index is 0.0395. The molecule has 0 aromatic carbocycles. The normalized spacial score (nSPS) is 12.8. The van der Waals surface area contributed by atoms with Crippen molar-refractivity contribution < 1.29 is 24.2 Å². The quantitative estimate of drug-likeness (QED) is 0.0483. The van der Waals surface area contributed by atoms with E-state index in [1.807, 2.05) is 20.0 Å². The fourth-order valence-electron chi connectivity index (χ4n) is 8.07. The number of likely N-dealkylation sites (N-methyl/N-ethyl adjacent to an activating group) is 1. The zero-order valence-corrected chi connectivity index (χ0v) is 40.9. The van der Waals surface area contributed by atoms with Gasteiger partial charge in [0.2, 0.25) is 0 Å². The molecule has 3 atom stereocenters. The Morgan fingerprint density at radius 3 is 1.36 bits per heavy atom. The van der Waals surface area contributed by atoms with Crippen LogP contribution in [-0.4, -0.2) is 78.9 Å². The third kappa shape index (κ3) is 41.5. The van der Waals surface area contributed by atoms with Crippen molar-refractivity contribution in [1.29, 1.82) is 0 Å². The maximum atomic E-state index is 12.5. The van der Waals surface area contributed by atoms with E-state index in [9.17, 15) is 14.7 Å². The predicted molar refractivity (Wildman–Crippen MR) is 256 cm³/mol. The van der Waals surface area contributed by atoms with Crippen molar-refractivity contribution in [3.8, 4) is 0 Å². The molecule has 352 valence electrons. The smallest absolute Gasteiger partial charge is 0.305 e. The Kier molecular flexibility index (Phi) is 47.8. The van der Waals surface area contributed by atoms with E-state index >= 15 is 0 Å². The summed E-state index contributed by atoms with van der Waals surface area (Å²) in [5, 5.41) is 11.0. The summed E-state index contributed by atoms with van der Waals surface area (Å²) in [6.45, 7) is 24.5. The molecule has 0 aliphatic heterocycles. The van der Waals surface area contributed by atoms with E-state index in [-0.39, 0.29) is 11.9 Å². The topological polar surface area (TPSA) is 79.3 Å². The van der Waals surface area contributed by atoms with Crippen molar-refractivity contribution in [2.75, 3.05) is 45.9 Å². The van der Waals surface area contributed by atoms with E-state index in [0.29, 0.717) is 50.9 Å². The Labute approximate surface area is 369 Å². The van der Waals surface area contributed by atoms with Gasteiger partial charge >= 0.3 is 11.9 Å². The number of aliphatic hydroxyl groups is 1. The Morgan fingerprint density at radius 2 is 0.898 bits per heavy atom. The zero-order valence-electron chi connectivity index (χ0n) is 40.9. The number of esters is 2. The molecule has 0 saturated carbocycles. The fraction of sp³-hybridized carbons (Fsp3) is 0.923. The van der Waals surface area contributed by atoms with Crippen LogP contribution in [0.15, 0.2) is 12.8 Å². The lowest BCUT2D eigenvalue weighted by molar-refractivity contribution is -0.145. The summed E-state index contributed by atoms with van der Waals surface area (Å²) >= 11 is 0. The molecule has 0 aromatic heterocycles. The maximum absolute atomic E-state index is 12.5. The molecule has 0 aromatic rings. The number of ether oxygens (including phenoxy) is 2. The van der Waals surface area contributed by atoms with Gasteiger partial charge in [-0.3, -0.25) is 14.5 Å². The molecule has 0 saturated heterocycles. The average Bonchev–Trinajstić information content (AvgIpc) is 3.24. The molecule has 7 nitrogen and oxygen atoms in total. The van der Waals surface area contributed by atoms with Crippen LogP contribution in [0.3, 0.4) is 0 Å². The van der Waals surface area contributed by atoms with Crippen molar-refractivity contribution in [2.24, 2.45) is 11.8 Å². The van der Waals surface area contributed by atoms with Gasteiger partial charge in [-0.1, -0.05) is 196 Å². The van der Waals surface area contributed by atoms with E-state index in [1.54, 1.807) is 0 Å². The fourth-order valence-corrected chi connectivity index (χ4v) is 8.07. The molecule has 3 unspecified atom stereocenters. The molecular weight excluding hydrogens is 733 g/mol. The minimum atomic E-state index is -0.414. The SMILES string of the molecule is C=CN(CC)CCN(CCCCCCC(=O)OCCC(CCCCC)CCCCCCC)CC(O)CCCCC(=O)OCCC(CCCCC)CCCCCCC.CC. The van der Waals surface area contributed by atoms with Crippen LogP contribution in [0.5, 0.6) is 0 Å². The number of aliphatic hydroxyl groups excluding tert-OH is 1. The highest BCUT2D eigenvalue weighted by atomic mass is 16.5. The second-order valence-corrected chi connectivity index (χ2v) is 17.3. The third-order valence-corrected chi connectivity index (χ3v) is 12.1. The molecule has 0 heterocycles. The van der Waals surface area contributed by atoms with Crippen LogP contribution in [0.4, 0.5) is 0 Å². The van der Waals surface area contributed by atoms with E-state index in [2.05, 4.69) is 51.0 Å². The first-order chi connectivity index (χ1) is 28.8. The van der Waals surface area contributed by atoms with Gasteiger partial charge in [0.05, 0.1) is 19.3 Å². The highest BCUT2D eigenvalue weighted by molar-refractivity contribution is 5.69. The number of rotatable bonds is 45. The average molecular weight is 837 g/mol. The second kappa shape index (κ2) is 47.4. The first-order valence-electron chi connectivity index (χ1n) is 25.9. The summed E-state index contributed by atoms with van der Waals surface area (Å²) in [5.74, 6) is 1.23. The molecule has 0 radical (unpaired) electrons. The standard InChI is InChI=1S/C50H98N2O5.C2H6/c1-7-13-17-19-25-33-46(31-23-15-9-3)38-43-56-49(54)36-27-21-22-30-40-52(42-41-51(11-5)12-6)45-48(53)35-28-29-37-50(55)57-44-39-47(32-24-16-10-4)34-26-20-18-14-8-2;1-2/h11,46-48,53H,5,7-10,12-45H2,1-4,6H3;1-2H3. The van der Waals surface area contributed by atoms with Gasteiger partial charge in [0.1, 0.15) is 0 Å². The Balaban J connectivity index is 0. The summed E-state index contributed by atoms with van der Waals surface area (Å²) in [6, 6.07) is 0. The number of hydrogen-bond donors (Lipinski definition) is 1. The Morgan fingerprint density at radius 1 is 0.508 bits per heavy atom. The van der Waals surface area contributed by atoms with Gasteiger partial charge in [-0.15, -0.1) is 0 Å². The minimum Gasteiger partial charge on any atom is -0.466 e. The number of carbonyl (C=O) groups excluding carboxylic acids is 2. The number of hydrogen-bond acceptors (Lipinski definition) is 7. The maximum Gasteiger partial charge on any atom is 0.305 e. The summed E-state index contributed by atoms with van der Waals surface area (Å²) in [6.07, 6.45) is 36.7. The highest BCUT2D eigenvalue weighted by Crippen LogP contribution is 2.23. The van der Waals surface area contributed by atoms with Crippen LogP contribution in [0.2, 0.25) is 0 Å². The number of nitrogens with zero attached hydrogens (tertiary/aromatic N) is 2. The molecule has 0 spiro atoms. The van der Waals surface area contributed by atoms with Crippen molar-refractivity contribution in [2.45, 2.75) is 254 Å². The van der Waals surface area contributed by atoms with Crippen LogP contribution in [-0.2, 0) is 19.1 Å². The van der Waals surface area contributed by atoms with Crippen molar-refractivity contribution in [3.63, 3.8) is 0 Å². The Bertz CT molecular complexity index is 885. The summed E-state index contributed by atoms with van der Waals surface area (Å²) in [4.78, 5) is 29.6. The molecule has 1 N–H and O–H groups in total. The van der Waals surface area contributed by atoms with Crippen LogP contribution in [0.25, 0.3) is 0 Å². The number of unbranched alkanes of at least 4 members (excludes halogenated alkanes) is 16. The van der Waals surface area contributed by atoms with E-state index in [1.165, 1.54) is 128 Å². The molecule has 7 heteroatoms. The van der Waals surface area contributed by atoms with Gasteiger partial charge in [0, 0.05) is 39.0 Å². The summed E-state index contributed by atoms with van der Waals surface area (Å²) in [7, 11) is 0. The van der Waals surface area contributed by atoms with Crippen LogP contribution in [0.1, 0.15) is 248 Å². The lowest BCUT2D eigenvalue weighted by Crippen LogP contribution is -2.38. The zero-order chi connectivity index (χ0) is 44.0. The lowest BCUT2D eigenvalue weighted by atomic mass is 9.92. The molecule has 0 fully saturated rings. The van der Waals surface area contributed by atoms with Crippen molar-refractivity contribution >= 4 is 11.9 Å². The monoisotopic (exact) mass is 837 g/mol. The summed E-state index contributed by atoms with van der Waals surface area (Å²) in [5.41, 5.74) is 0. The van der Waals surface area contributed by atoms with Gasteiger partial charge in [0.25, 0.3) is 0 Å². The molecule has 0 rings (SSSR count). The molecule has 0 amide bonds. The molecule has 59 heavy (non-hydrogen) atoms. The number of carbonyl (C=O) groups is 2. The van der Waals surface area contributed by atoms with Crippen LogP contribution >= 0.6 is 0 Å². The Hall–Kier alpha value is -1.60. The van der Waals surface area contributed by atoms with Crippen LogP contribution in [0, 0.1) is 11.8 Å². The van der Waals surface area contributed by atoms with E-state index < -0.39 is 6.10 Å². The van der Waals surface area contributed by atoms with Crippen LogP contribution < -0.4 is 0 Å². The summed E-state index contributed by atoms with van der Waals surface area (Å²) < 4.78 is 11.4. The van der Waals surface area contributed by atoms with E-state index in [4.69, 9.17) is 9.47 Å². The van der Waals surface area contributed by atoms with Crippen molar-refractivity contribution in [3.05, 3.63) is 12.8 Å². The first kappa shape index (κ1) is 59.5. The van der Waals surface area contributed by atoms with Gasteiger partial charge < -0.3 is 19.5 Å². The van der Waals surface area contributed by atoms with E-state index in [0.717, 1.165) is 77.5 Å². The van der Waals surface area contributed by atoms with Gasteiger partial charge in [0.15, 0.2) is 0 Å². The third-order valence-electron chi connectivity index (χ3n) is 12.1. The molecule has 0 aliphatic carbocycles. The molecule has 0 bridgehead atoms. The largest absolute Gasteiger partial charge is 0.466 e. The van der Waals surface area contributed by atoms with Crippen molar-refractivity contribution in [1.82, 2.24) is 9.80 Å². The first-order valence-corrected chi connectivity index (χ1v) is 25.9. The molecule has 0 aliphatic rings.